The first-order valence-corrected chi connectivity index (χ1v) is 8.08. The third kappa shape index (κ3) is 3.42. The second kappa shape index (κ2) is 6.57. The Labute approximate surface area is 144 Å². The van der Waals surface area contributed by atoms with Gasteiger partial charge in [-0.05, 0) is 13.8 Å². The number of ether oxygens (including phenoxy) is 2. The van der Waals surface area contributed by atoms with E-state index in [0.29, 0.717) is 26.3 Å². The van der Waals surface area contributed by atoms with Crippen LogP contribution in [0.5, 0.6) is 5.75 Å². The van der Waals surface area contributed by atoms with Crippen molar-refractivity contribution >= 4 is 17.3 Å². The second-order valence-electron chi connectivity index (χ2n) is 6.55. The zero-order valence-electron chi connectivity index (χ0n) is 14.2. The van der Waals surface area contributed by atoms with Crippen molar-refractivity contribution in [2.45, 2.75) is 19.4 Å². The minimum absolute atomic E-state index is 0.134. The SMILES string of the molecule is CC1(C)Oc2cc(F)c([N+](=O)[O-])cc2N(CCN2CCOCC2)C1=O. The first-order valence-electron chi connectivity index (χ1n) is 8.08. The topological polar surface area (TPSA) is 85.2 Å². The van der Waals surface area contributed by atoms with Gasteiger partial charge in [0.15, 0.2) is 5.60 Å². The third-order valence-corrected chi connectivity index (χ3v) is 4.38. The molecule has 9 heteroatoms. The molecule has 1 fully saturated rings. The predicted molar refractivity (Wildman–Crippen MR) is 87.4 cm³/mol. The van der Waals surface area contributed by atoms with E-state index in [9.17, 15) is 19.3 Å². The lowest BCUT2D eigenvalue weighted by Crippen LogP contribution is -2.54. The molecule has 2 heterocycles. The molecule has 8 nitrogen and oxygen atoms in total. The van der Waals surface area contributed by atoms with Crippen LogP contribution in [0.4, 0.5) is 15.8 Å². The summed E-state index contributed by atoms with van der Waals surface area (Å²) in [4.78, 5) is 26.6. The lowest BCUT2D eigenvalue weighted by atomic mass is 10.0. The number of benzene rings is 1. The van der Waals surface area contributed by atoms with Crippen molar-refractivity contribution in [2.75, 3.05) is 44.3 Å². The lowest BCUT2D eigenvalue weighted by molar-refractivity contribution is -0.387. The molecule has 1 amide bonds. The number of anilines is 1. The maximum Gasteiger partial charge on any atom is 0.307 e. The van der Waals surface area contributed by atoms with Gasteiger partial charge in [-0.3, -0.25) is 19.8 Å². The molecule has 0 atom stereocenters. The number of carbonyl (C=O) groups excluding carboxylic acids is 1. The maximum atomic E-state index is 13.9. The zero-order valence-corrected chi connectivity index (χ0v) is 14.2. The molecule has 25 heavy (non-hydrogen) atoms. The number of rotatable bonds is 4. The van der Waals surface area contributed by atoms with Crippen LogP contribution in [0.1, 0.15) is 13.8 Å². The highest BCUT2D eigenvalue weighted by molar-refractivity contribution is 6.02. The quantitative estimate of drug-likeness (QED) is 0.603. The van der Waals surface area contributed by atoms with Crippen molar-refractivity contribution in [1.29, 1.82) is 0 Å². The Kier molecular flexibility index (Phi) is 4.61. The summed E-state index contributed by atoms with van der Waals surface area (Å²) >= 11 is 0. The normalized spacial score (nSPS) is 20.1. The summed E-state index contributed by atoms with van der Waals surface area (Å²) in [6.45, 7) is 6.91. The molecule has 136 valence electrons. The molecule has 1 aromatic rings. The largest absolute Gasteiger partial charge is 0.476 e. The summed E-state index contributed by atoms with van der Waals surface area (Å²) < 4.78 is 24.8. The van der Waals surface area contributed by atoms with Crippen LogP contribution in [0, 0.1) is 15.9 Å². The number of halogens is 1. The van der Waals surface area contributed by atoms with Gasteiger partial charge in [-0.15, -0.1) is 0 Å². The standard InChI is InChI=1S/C16H20FN3O5/c1-16(2)15(21)19(4-3-18-5-7-24-8-6-18)13-10-12(20(22)23)11(17)9-14(13)25-16/h9-10H,3-8H2,1-2H3. The monoisotopic (exact) mass is 353 g/mol. The van der Waals surface area contributed by atoms with Gasteiger partial charge in [-0.25, -0.2) is 0 Å². The molecule has 2 aliphatic rings. The zero-order chi connectivity index (χ0) is 18.2. The van der Waals surface area contributed by atoms with Gasteiger partial charge < -0.3 is 14.4 Å². The van der Waals surface area contributed by atoms with E-state index < -0.39 is 22.0 Å². The Morgan fingerprint density at radius 1 is 1.28 bits per heavy atom. The summed E-state index contributed by atoms with van der Waals surface area (Å²) in [6.07, 6.45) is 0. The van der Waals surface area contributed by atoms with Gasteiger partial charge in [-0.2, -0.15) is 4.39 Å². The molecule has 3 rings (SSSR count). The summed E-state index contributed by atoms with van der Waals surface area (Å²) in [5, 5.41) is 11.0. The van der Waals surface area contributed by atoms with Crippen molar-refractivity contribution in [3.8, 4) is 5.75 Å². The van der Waals surface area contributed by atoms with Gasteiger partial charge in [-0.1, -0.05) is 0 Å². The number of fused-ring (bicyclic) bond motifs is 1. The van der Waals surface area contributed by atoms with Gasteiger partial charge in [0.05, 0.1) is 23.8 Å². The van der Waals surface area contributed by atoms with Crippen LogP contribution in [-0.4, -0.2) is 60.7 Å². The average Bonchev–Trinajstić information content (AvgIpc) is 2.55. The van der Waals surface area contributed by atoms with Crippen LogP contribution in [-0.2, 0) is 9.53 Å². The average molecular weight is 353 g/mol. The van der Waals surface area contributed by atoms with E-state index in [4.69, 9.17) is 9.47 Å². The number of nitro groups is 1. The van der Waals surface area contributed by atoms with Crippen LogP contribution in [0.3, 0.4) is 0 Å². The number of nitrogens with zero attached hydrogens (tertiary/aromatic N) is 3. The molecule has 1 aromatic carbocycles. The number of nitro benzene ring substituents is 1. The Balaban J connectivity index is 1.91. The molecule has 0 spiro atoms. The number of carbonyl (C=O) groups is 1. The van der Waals surface area contributed by atoms with E-state index in [1.165, 1.54) is 4.90 Å². The maximum absolute atomic E-state index is 13.9. The fourth-order valence-electron chi connectivity index (χ4n) is 3.01. The number of morpholine rings is 1. The molecule has 0 N–H and O–H groups in total. The first-order chi connectivity index (χ1) is 11.8. The van der Waals surface area contributed by atoms with Crippen LogP contribution in [0.2, 0.25) is 0 Å². The fourth-order valence-corrected chi connectivity index (χ4v) is 3.01. The molecular weight excluding hydrogens is 333 g/mol. The number of hydrogen-bond donors (Lipinski definition) is 0. The van der Waals surface area contributed by atoms with Crippen molar-refractivity contribution in [3.05, 3.63) is 28.1 Å². The molecule has 0 aliphatic carbocycles. The minimum atomic E-state index is -1.17. The van der Waals surface area contributed by atoms with E-state index >= 15 is 0 Å². The van der Waals surface area contributed by atoms with Crippen LogP contribution in [0.25, 0.3) is 0 Å². The van der Waals surface area contributed by atoms with Crippen molar-refractivity contribution < 1.29 is 23.6 Å². The van der Waals surface area contributed by atoms with Gasteiger partial charge in [0.25, 0.3) is 5.91 Å². The lowest BCUT2D eigenvalue weighted by Gasteiger charge is -2.39. The highest BCUT2D eigenvalue weighted by atomic mass is 19.1. The van der Waals surface area contributed by atoms with E-state index in [-0.39, 0.29) is 17.3 Å². The van der Waals surface area contributed by atoms with Crippen molar-refractivity contribution in [1.82, 2.24) is 4.90 Å². The molecule has 0 bridgehead atoms. The van der Waals surface area contributed by atoms with Crippen LogP contribution < -0.4 is 9.64 Å². The summed E-state index contributed by atoms with van der Waals surface area (Å²) in [6, 6.07) is 2.04. The van der Waals surface area contributed by atoms with E-state index in [1.807, 2.05) is 0 Å². The molecule has 0 aromatic heterocycles. The summed E-state index contributed by atoms with van der Waals surface area (Å²) in [5.74, 6) is -1.16. The Bertz CT molecular complexity index is 703. The molecule has 0 radical (unpaired) electrons. The summed E-state index contributed by atoms with van der Waals surface area (Å²) in [5.41, 5.74) is -1.61. The third-order valence-electron chi connectivity index (χ3n) is 4.38. The summed E-state index contributed by atoms with van der Waals surface area (Å²) in [7, 11) is 0. The van der Waals surface area contributed by atoms with Gasteiger partial charge >= 0.3 is 5.69 Å². The van der Waals surface area contributed by atoms with Crippen molar-refractivity contribution in [3.63, 3.8) is 0 Å². The fraction of sp³-hybridized carbons (Fsp3) is 0.562. The van der Waals surface area contributed by atoms with E-state index in [0.717, 1.165) is 25.2 Å². The molecule has 2 aliphatic heterocycles. The minimum Gasteiger partial charge on any atom is -0.476 e. The molecular formula is C16H20FN3O5. The van der Waals surface area contributed by atoms with Crippen LogP contribution in [0.15, 0.2) is 12.1 Å². The van der Waals surface area contributed by atoms with Crippen LogP contribution >= 0.6 is 0 Å². The van der Waals surface area contributed by atoms with E-state index in [2.05, 4.69) is 4.90 Å². The smallest absolute Gasteiger partial charge is 0.307 e. The number of amides is 1. The Hall–Kier alpha value is -2.26. The van der Waals surface area contributed by atoms with Crippen molar-refractivity contribution in [2.24, 2.45) is 0 Å². The Morgan fingerprint density at radius 2 is 1.96 bits per heavy atom. The first kappa shape index (κ1) is 17.6. The number of hydrogen-bond acceptors (Lipinski definition) is 6. The van der Waals surface area contributed by atoms with E-state index in [1.54, 1.807) is 13.8 Å². The highest BCUT2D eigenvalue weighted by Gasteiger charge is 2.42. The second-order valence-corrected chi connectivity index (χ2v) is 6.55. The van der Waals surface area contributed by atoms with Gasteiger partial charge in [0.2, 0.25) is 5.82 Å². The highest BCUT2D eigenvalue weighted by Crippen LogP contribution is 2.41. The molecule has 0 saturated carbocycles. The molecule has 1 saturated heterocycles. The van der Waals surface area contributed by atoms with Gasteiger partial charge in [0.1, 0.15) is 5.75 Å². The predicted octanol–water partition coefficient (Wildman–Crippen LogP) is 1.57. The molecule has 0 unspecified atom stereocenters. The Morgan fingerprint density at radius 3 is 2.60 bits per heavy atom. The van der Waals surface area contributed by atoms with Gasteiger partial charge in [0, 0.05) is 38.3 Å².